The quantitative estimate of drug-likeness (QED) is 0.0185. The van der Waals surface area contributed by atoms with Gasteiger partial charge in [-0.3, -0.25) is 9.59 Å². The van der Waals surface area contributed by atoms with Gasteiger partial charge < -0.3 is 59.4 Å². The van der Waals surface area contributed by atoms with Crippen LogP contribution in [0.1, 0.15) is 194 Å². The Kier molecular flexibility index (Phi) is 33.9. The molecule has 14 nitrogen and oxygen atoms in total. The Morgan fingerprint density at radius 1 is 0.516 bits per heavy atom. The molecule has 0 aromatic heterocycles. The minimum Gasteiger partial charge on any atom is -0.460 e. The molecular formula is C50H90O14. The van der Waals surface area contributed by atoms with E-state index >= 15 is 0 Å². The monoisotopic (exact) mass is 915 g/mol. The van der Waals surface area contributed by atoms with Gasteiger partial charge >= 0.3 is 5.97 Å². The van der Waals surface area contributed by atoms with Gasteiger partial charge in [-0.2, -0.15) is 0 Å². The summed E-state index contributed by atoms with van der Waals surface area (Å²) in [4.78, 5) is 26.0. The lowest BCUT2D eigenvalue weighted by Crippen LogP contribution is -2.61. The molecule has 11 atom stereocenters. The first-order valence-electron chi connectivity index (χ1n) is 25.3. The van der Waals surface area contributed by atoms with Crippen molar-refractivity contribution in [1.29, 1.82) is 0 Å². The highest BCUT2D eigenvalue weighted by atomic mass is 16.7. The standard InChI is InChI=1S/C50H90O14/c1-3-5-7-9-11-13-15-17-18-20-21-23-25-27-29-31-38(52)33-34-39(62-42(53)32-30-28-26-24-22-19-16-14-12-10-8-6-4-2)36-60-49-48(59)46(57)44(55)41(64-49)37-61-50-47(58)45(56)43(54)40(35-51)63-50/h11,13,17-18,39-41,43-51,54-59H,3-10,12,14-16,19-37H2,1-2H3/b13-11-,18-17-/t39-,40+,41+,43-,44-,45-,46-,47+,48+,49+,50-/m0/s1. The average molecular weight is 915 g/mol. The zero-order valence-electron chi connectivity index (χ0n) is 39.6. The van der Waals surface area contributed by atoms with Gasteiger partial charge in [-0.15, -0.1) is 0 Å². The number of hydrogen-bond donors (Lipinski definition) is 7. The van der Waals surface area contributed by atoms with Crippen molar-refractivity contribution < 1.29 is 69.0 Å². The van der Waals surface area contributed by atoms with E-state index in [0.29, 0.717) is 12.8 Å². The molecule has 0 spiro atoms. The van der Waals surface area contributed by atoms with E-state index in [-0.39, 0.29) is 31.7 Å². The number of Topliss-reactive ketones (excluding diaryl/α,β-unsaturated/α-hetero) is 1. The van der Waals surface area contributed by atoms with Crippen LogP contribution in [0.15, 0.2) is 24.3 Å². The summed E-state index contributed by atoms with van der Waals surface area (Å²) in [6.07, 6.45) is 21.0. The number of aliphatic hydroxyl groups excluding tert-OH is 7. The smallest absolute Gasteiger partial charge is 0.306 e. The summed E-state index contributed by atoms with van der Waals surface area (Å²) in [6, 6.07) is 0. The molecule has 64 heavy (non-hydrogen) atoms. The Morgan fingerprint density at radius 3 is 1.53 bits per heavy atom. The summed E-state index contributed by atoms with van der Waals surface area (Å²) in [5, 5.41) is 72.1. The molecule has 2 heterocycles. The lowest BCUT2D eigenvalue weighted by Gasteiger charge is -2.42. The molecule has 2 aliphatic rings. The van der Waals surface area contributed by atoms with E-state index in [1.807, 2.05) is 0 Å². The maximum atomic E-state index is 13.0. The second-order valence-electron chi connectivity index (χ2n) is 18.0. The number of unbranched alkanes of at least 4 members (excludes halogenated alkanes) is 20. The third-order valence-electron chi connectivity index (χ3n) is 12.3. The SMILES string of the molecule is CCCCC/C=C\C/C=C\CCCCCCCC(=O)CC[C@@H](CO[C@@H]1O[C@H](CO[C@H]2O[C@H](CO)[C@H](O)[C@H](O)[C@H]2O)[C@H](O)[C@H](O)[C@H]1O)OC(=O)CCCCCCCCCCCCCCC. The number of aliphatic hydroxyl groups is 7. The van der Waals surface area contributed by atoms with Gasteiger partial charge in [-0.25, -0.2) is 0 Å². The van der Waals surface area contributed by atoms with Crippen molar-refractivity contribution in [3.63, 3.8) is 0 Å². The third kappa shape index (κ3) is 25.4. The molecule has 0 aromatic carbocycles. The highest BCUT2D eigenvalue weighted by Crippen LogP contribution is 2.27. The van der Waals surface area contributed by atoms with Crippen molar-refractivity contribution in [2.75, 3.05) is 19.8 Å². The van der Waals surface area contributed by atoms with Crippen LogP contribution >= 0.6 is 0 Å². The Labute approximate surface area is 385 Å². The summed E-state index contributed by atoms with van der Waals surface area (Å²) in [5.41, 5.74) is 0. The van der Waals surface area contributed by atoms with Crippen LogP contribution in [0.25, 0.3) is 0 Å². The average Bonchev–Trinajstić information content (AvgIpc) is 3.29. The van der Waals surface area contributed by atoms with Crippen molar-refractivity contribution in [3.8, 4) is 0 Å². The second kappa shape index (κ2) is 37.2. The number of ether oxygens (including phenoxy) is 5. The molecule has 0 aliphatic carbocycles. The topological polar surface area (TPSA) is 222 Å². The summed E-state index contributed by atoms with van der Waals surface area (Å²) in [5.74, 6) is -0.356. The number of hydrogen-bond acceptors (Lipinski definition) is 14. The number of rotatable bonds is 39. The van der Waals surface area contributed by atoms with Gasteiger partial charge in [0.2, 0.25) is 0 Å². The first-order valence-corrected chi connectivity index (χ1v) is 25.3. The molecule has 374 valence electrons. The Hall–Kier alpha value is -1.82. The van der Waals surface area contributed by atoms with E-state index in [9.17, 15) is 45.3 Å². The van der Waals surface area contributed by atoms with Crippen LogP contribution in [-0.2, 0) is 33.3 Å². The van der Waals surface area contributed by atoms with Gasteiger partial charge in [-0.1, -0.05) is 147 Å². The molecule has 2 saturated heterocycles. The number of esters is 1. The molecule has 0 radical (unpaired) electrons. The summed E-state index contributed by atoms with van der Waals surface area (Å²) in [7, 11) is 0. The molecule has 0 unspecified atom stereocenters. The molecule has 0 aromatic rings. The van der Waals surface area contributed by atoms with Gasteiger partial charge in [0.15, 0.2) is 12.6 Å². The van der Waals surface area contributed by atoms with Crippen LogP contribution in [0.4, 0.5) is 0 Å². The third-order valence-corrected chi connectivity index (χ3v) is 12.3. The van der Waals surface area contributed by atoms with Crippen molar-refractivity contribution in [2.24, 2.45) is 0 Å². The largest absolute Gasteiger partial charge is 0.460 e. The predicted octanol–water partition coefficient (Wildman–Crippen LogP) is 7.18. The van der Waals surface area contributed by atoms with E-state index in [1.54, 1.807) is 0 Å². The van der Waals surface area contributed by atoms with Crippen LogP contribution in [0, 0.1) is 0 Å². The zero-order chi connectivity index (χ0) is 46.8. The second-order valence-corrected chi connectivity index (χ2v) is 18.0. The molecular weight excluding hydrogens is 825 g/mol. The molecule has 2 rings (SSSR count). The number of carbonyl (C=O) groups excluding carboxylic acids is 2. The van der Waals surface area contributed by atoms with Crippen LogP contribution in [-0.4, -0.2) is 135 Å². The van der Waals surface area contributed by atoms with Crippen LogP contribution in [0.3, 0.4) is 0 Å². The predicted molar refractivity (Wildman–Crippen MR) is 246 cm³/mol. The van der Waals surface area contributed by atoms with E-state index in [2.05, 4.69) is 38.2 Å². The van der Waals surface area contributed by atoms with E-state index < -0.39 is 86.7 Å². The highest BCUT2D eigenvalue weighted by Gasteiger charge is 2.47. The van der Waals surface area contributed by atoms with Crippen molar-refractivity contribution in [1.82, 2.24) is 0 Å². The number of carbonyl (C=O) groups is 2. The normalized spacial score (nSPS) is 26.8. The molecule has 2 aliphatic heterocycles. The fourth-order valence-electron chi connectivity index (χ4n) is 8.08. The van der Waals surface area contributed by atoms with Gasteiger partial charge in [0.1, 0.15) is 60.7 Å². The lowest BCUT2D eigenvalue weighted by molar-refractivity contribution is -0.332. The van der Waals surface area contributed by atoms with Crippen molar-refractivity contribution >= 4 is 11.8 Å². The molecule has 14 heteroatoms. The first-order chi connectivity index (χ1) is 31.0. The van der Waals surface area contributed by atoms with Gasteiger partial charge in [0.25, 0.3) is 0 Å². The van der Waals surface area contributed by atoms with Crippen LogP contribution < -0.4 is 0 Å². The fraction of sp³-hybridized carbons (Fsp3) is 0.880. The lowest BCUT2D eigenvalue weighted by atomic mass is 9.98. The zero-order valence-corrected chi connectivity index (χ0v) is 39.6. The Morgan fingerprint density at radius 2 is 0.969 bits per heavy atom. The van der Waals surface area contributed by atoms with E-state index in [0.717, 1.165) is 70.6 Å². The first kappa shape index (κ1) is 58.3. The number of allylic oxidation sites excluding steroid dienone is 4. The summed E-state index contributed by atoms with van der Waals surface area (Å²) in [6.45, 7) is 3.02. The Bertz CT molecular complexity index is 1210. The molecule has 7 N–H and O–H groups in total. The highest BCUT2D eigenvalue weighted by molar-refractivity contribution is 5.78. The van der Waals surface area contributed by atoms with Gasteiger partial charge in [0.05, 0.1) is 19.8 Å². The molecule has 0 saturated carbocycles. The van der Waals surface area contributed by atoms with Crippen molar-refractivity contribution in [3.05, 3.63) is 24.3 Å². The maximum absolute atomic E-state index is 13.0. The van der Waals surface area contributed by atoms with Gasteiger partial charge in [-0.05, 0) is 51.4 Å². The minimum absolute atomic E-state index is 0.0566. The summed E-state index contributed by atoms with van der Waals surface area (Å²) >= 11 is 0. The number of ketones is 1. The molecule has 2 fully saturated rings. The van der Waals surface area contributed by atoms with E-state index in [4.69, 9.17) is 23.7 Å². The van der Waals surface area contributed by atoms with Crippen LogP contribution in [0.2, 0.25) is 0 Å². The minimum atomic E-state index is -1.73. The van der Waals surface area contributed by atoms with Crippen molar-refractivity contribution in [2.45, 2.75) is 261 Å². The molecule has 0 amide bonds. The van der Waals surface area contributed by atoms with Crippen LogP contribution in [0.5, 0.6) is 0 Å². The van der Waals surface area contributed by atoms with E-state index in [1.165, 1.54) is 77.0 Å². The fourth-order valence-corrected chi connectivity index (χ4v) is 8.08. The maximum Gasteiger partial charge on any atom is 0.306 e. The molecule has 0 bridgehead atoms. The van der Waals surface area contributed by atoms with Gasteiger partial charge in [0, 0.05) is 19.3 Å². The summed E-state index contributed by atoms with van der Waals surface area (Å²) < 4.78 is 28.3. The Balaban J connectivity index is 1.83.